The fourth-order valence-corrected chi connectivity index (χ4v) is 1.95. The number of hydrogen-bond donors (Lipinski definition) is 0. The van der Waals surface area contributed by atoms with Crippen molar-refractivity contribution in [2.45, 2.75) is 50.7 Å². The minimum atomic E-state index is 0.539. The van der Waals surface area contributed by atoms with Crippen LogP contribution in [0, 0.1) is 0 Å². The molecule has 0 radical (unpaired) electrons. The maximum Gasteiger partial charge on any atom is 0.0598 e. The molecule has 88 valence electrons. The van der Waals surface area contributed by atoms with Crippen molar-refractivity contribution in [3.8, 4) is 0 Å². The molecular weight excluding hydrogens is 192 g/mol. The molecule has 2 aliphatic rings. The van der Waals surface area contributed by atoms with Crippen LogP contribution in [-0.2, 0) is 14.2 Å². The normalized spacial score (nSPS) is 29.6. The lowest BCUT2D eigenvalue weighted by atomic mass is 10.1. The second-order valence-electron chi connectivity index (χ2n) is 4.46. The highest BCUT2D eigenvalue weighted by molar-refractivity contribution is 4.66. The van der Waals surface area contributed by atoms with E-state index in [0.717, 1.165) is 39.3 Å². The average molecular weight is 214 g/mol. The quantitative estimate of drug-likeness (QED) is 0.579. The summed E-state index contributed by atoms with van der Waals surface area (Å²) in [5.74, 6) is 0. The van der Waals surface area contributed by atoms with E-state index in [0.29, 0.717) is 12.2 Å². The van der Waals surface area contributed by atoms with E-state index >= 15 is 0 Å². The van der Waals surface area contributed by atoms with E-state index < -0.39 is 0 Å². The van der Waals surface area contributed by atoms with Gasteiger partial charge in [0.05, 0.1) is 12.2 Å². The maximum atomic E-state index is 5.56. The van der Waals surface area contributed by atoms with Crippen molar-refractivity contribution in [1.82, 2.24) is 0 Å². The molecule has 15 heavy (non-hydrogen) atoms. The van der Waals surface area contributed by atoms with Crippen molar-refractivity contribution in [3.63, 3.8) is 0 Å². The van der Waals surface area contributed by atoms with Gasteiger partial charge >= 0.3 is 0 Å². The second kappa shape index (κ2) is 6.46. The van der Waals surface area contributed by atoms with Gasteiger partial charge in [0.2, 0.25) is 0 Å². The topological polar surface area (TPSA) is 27.7 Å². The first kappa shape index (κ1) is 11.4. The molecule has 0 saturated carbocycles. The second-order valence-corrected chi connectivity index (χ2v) is 4.46. The van der Waals surface area contributed by atoms with Crippen LogP contribution in [-0.4, -0.2) is 38.6 Å². The van der Waals surface area contributed by atoms with Crippen molar-refractivity contribution in [3.05, 3.63) is 0 Å². The molecule has 2 unspecified atom stereocenters. The van der Waals surface area contributed by atoms with E-state index in [1.807, 2.05) is 0 Å². The molecule has 0 aromatic rings. The van der Waals surface area contributed by atoms with Crippen molar-refractivity contribution < 1.29 is 14.2 Å². The van der Waals surface area contributed by atoms with Crippen LogP contribution in [0.4, 0.5) is 0 Å². The number of hydrogen-bond acceptors (Lipinski definition) is 3. The van der Waals surface area contributed by atoms with Crippen LogP contribution in [0.1, 0.15) is 38.5 Å². The van der Waals surface area contributed by atoms with Gasteiger partial charge in [-0.15, -0.1) is 0 Å². The Kier molecular flexibility index (Phi) is 4.90. The van der Waals surface area contributed by atoms with Crippen molar-refractivity contribution in [1.29, 1.82) is 0 Å². The van der Waals surface area contributed by atoms with Gasteiger partial charge in [-0.2, -0.15) is 0 Å². The fourth-order valence-electron chi connectivity index (χ4n) is 1.95. The van der Waals surface area contributed by atoms with Gasteiger partial charge in [0.15, 0.2) is 0 Å². The molecule has 2 saturated heterocycles. The van der Waals surface area contributed by atoms with Gasteiger partial charge in [-0.05, 0) is 38.5 Å². The van der Waals surface area contributed by atoms with E-state index in [1.165, 1.54) is 25.7 Å². The molecule has 3 nitrogen and oxygen atoms in total. The van der Waals surface area contributed by atoms with Crippen molar-refractivity contribution in [2.24, 2.45) is 0 Å². The third-order valence-electron chi connectivity index (χ3n) is 3.22. The minimum Gasteiger partial charge on any atom is -0.381 e. The summed E-state index contributed by atoms with van der Waals surface area (Å²) in [5.41, 5.74) is 0. The van der Waals surface area contributed by atoms with E-state index in [2.05, 4.69) is 0 Å². The van der Waals surface area contributed by atoms with Gasteiger partial charge in [-0.1, -0.05) is 0 Å². The highest BCUT2D eigenvalue weighted by atomic mass is 16.5. The zero-order chi connectivity index (χ0) is 10.3. The third-order valence-corrected chi connectivity index (χ3v) is 3.22. The molecule has 0 aliphatic carbocycles. The smallest absolute Gasteiger partial charge is 0.0598 e. The summed E-state index contributed by atoms with van der Waals surface area (Å²) in [4.78, 5) is 0. The van der Waals surface area contributed by atoms with E-state index in [-0.39, 0.29) is 0 Å². The molecule has 2 atom stereocenters. The van der Waals surface area contributed by atoms with Crippen molar-refractivity contribution >= 4 is 0 Å². The zero-order valence-electron chi connectivity index (χ0n) is 9.45. The fraction of sp³-hybridized carbons (Fsp3) is 1.00. The van der Waals surface area contributed by atoms with Gasteiger partial charge in [0.1, 0.15) is 0 Å². The van der Waals surface area contributed by atoms with Gasteiger partial charge in [-0.25, -0.2) is 0 Å². The van der Waals surface area contributed by atoms with Crippen LogP contribution in [0.3, 0.4) is 0 Å². The lowest BCUT2D eigenvalue weighted by molar-refractivity contribution is -0.0620. The van der Waals surface area contributed by atoms with Gasteiger partial charge in [0.25, 0.3) is 0 Å². The monoisotopic (exact) mass is 214 g/mol. The van der Waals surface area contributed by atoms with Crippen LogP contribution < -0.4 is 0 Å². The van der Waals surface area contributed by atoms with E-state index in [1.54, 1.807) is 0 Å². The zero-order valence-corrected chi connectivity index (χ0v) is 9.45. The molecule has 0 aromatic carbocycles. The van der Waals surface area contributed by atoms with Crippen LogP contribution in [0.2, 0.25) is 0 Å². The molecule has 2 aliphatic heterocycles. The van der Waals surface area contributed by atoms with Gasteiger partial charge in [0, 0.05) is 26.4 Å². The Labute approximate surface area is 92.1 Å². The van der Waals surface area contributed by atoms with Gasteiger partial charge in [-0.3, -0.25) is 0 Å². The Morgan fingerprint density at radius 2 is 1.33 bits per heavy atom. The number of rotatable bonds is 8. The minimum absolute atomic E-state index is 0.539. The molecule has 2 fully saturated rings. The summed E-state index contributed by atoms with van der Waals surface area (Å²) in [6.07, 6.45) is 8.21. The van der Waals surface area contributed by atoms with E-state index in [4.69, 9.17) is 14.2 Å². The predicted octanol–water partition coefficient (Wildman–Crippen LogP) is 2.14. The Hall–Kier alpha value is -0.120. The first-order valence-electron chi connectivity index (χ1n) is 6.26. The largest absolute Gasteiger partial charge is 0.381 e. The first-order chi connectivity index (χ1) is 7.45. The Bertz CT molecular complexity index is 146. The van der Waals surface area contributed by atoms with Crippen molar-refractivity contribution in [2.75, 3.05) is 26.4 Å². The SMILES string of the molecule is C(COCCCC1CCO1)CC1CCO1. The molecule has 0 aromatic heterocycles. The summed E-state index contributed by atoms with van der Waals surface area (Å²) in [6, 6.07) is 0. The first-order valence-corrected chi connectivity index (χ1v) is 6.26. The molecule has 3 heteroatoms. The third kappa shape index (κ3) is 4.09. The van der Waals surface area contributed by atoms with E-state index in [9.17, 15) is 0 Å². The summed E-state index contributed by atoms with van der Waals surface area (Å²) >= 11 is 0. The Morgan fingerprint density at radius 1 is 0.867 bits per heavy atom. The van der Waals surface area contributed by atoms with Crippen LogP contribution >= 0.6 is 0 Å². The van der Waals surface area contributed by atoms with Gasteiger partial charge < -0.3 is 14.2 Å². The summed E-state index contributed by atoms with van der Waals surface area (Å²) in [7, 11) is 0. The Morgan fingerprint density at radius 3 is 1.67 bits per heavy atom. The summed E-state index contributed by atoms with van der Waals surface area (Å²) < 4.78 is 16.2. The predicted molar refractivity (Wildman–Crippen MR) is 58.0 cm³/mol. The molecular formula is C12H22O3. The molecule has 2 heterocycles. The molecule has 0 N–H and O–H groups in total. The summed E-state index contributed by atoms with van der Waals surface area (Å²) in [5, 5.41) is 0. The lowest BCUT2D eigenvalue weighted by Crippen LogP contribution is -2.27. The highest BCUT2D eigenvalue weighted by Crippen LogP contribution is 2.17. The Balaban J connectivity index is 1.29. The van der Waals surface area contributed by atoms with Crippen LogP contribution in [0.25, 0.3) is 0 Å². The van der Waals surface area contributed by atoms with Crippen LogP contribution in [0.15, 0.2) is 0 Å². The maximum absolute atomic E-state index is 5.56. The summed E-state index contributed by atoms with van der Waals surface area (Å²) in [6.45, 7) is 3.72. The molecule has 0 amide bonds. The van der Waals surface area contributed by atoms with Crippen LogP contribution in [0.5, 0.6) is 0 Å². The lowest BCUT2D eigenvalue weighted by Gasteiger charge is -2.26. The molecule has 0 bridgehead atoms. The standard InChI is InChI=1S/C12H22O3/c1(3-11-5-9-14-11)7-13-8-2-4-12-6-10-15-12/h11-12H,1-10H2. The highest BCUT2D eigenvalue weighted by Gasteiger charge is 2.17. The number of ether oxygens (including phenoxy) is 3. The average Bonchev–Trinajstić information content (AvgIpc) is 2.09. The molecule has 0 spiro atoms. The molecule has 2 rings (SSSR count).